The van der Waals surface area contributed by atoms with Gasteiger partial charge < -0.3 is 9.47 Å². The Morgan fingerprint density at radius 1 is 1.17 bits per heavy atom. The van der Waals surface area contributed by atoms with Crippen LogP contribution in [0.15, 0.2) is 23.1 Å². The smallest absolute Gasteiger partial charge is 0.244 e. The number of hydrogen-bond donors (Lipinski definition) is 1. The summed E-state index contributed by atoms with van der Waals surface area (Å²) in [5.41, 5.74) is 0. The standard InChI is InChI=1S/C17H25NO4S/c1-11(15-9-12-4-5-13(15)8-12)18-23(19,20)17-7-6-14(21-2)10-16(17)22-3/h6-7,10-13,15,18H,4-5,8-9H2,1-3H3. The maximum atomic E-state index is 12.8. The third-order valence-corrected chi connectivity index (χ3v) is 7.03. The lowest BCUT2D eigenvalue weighted by Crippen LogP contribution is -2.40. The van der Waals surface area contributed by atoms with Crippen molar-refractivity contribution in [1.82, 2.24) is 4.72 Å². The van der Waals surface area contributed by atoms with Crippen molar-refractivity contribution in [2.45, 2.75) is 43.5 Å². The molecule has 23 heavy (non-hydrogen) atoms. The van der Waals surface area contributed by atoms with Crippen LogP contribution in [-0.2, 0) is 10.0 Å². The first-order valence-corrected chi connectivity index (χ1v) is 9.67. The van der Waals surface area contributed by atoms with E-state index >= 15 is 0 Å². The van der Waals surface area contributed by atoms with Gasteiger partial charge in [0.05, 0.1) is 14.2 Å². The Morgan fingerprint density at radius 2 is 1.96 bits per heavy atom. The fourth-order valence-electron chi connectivity index (χ4n) is 4.30. The number of nitrogens with one attached hydrogen (secondary N) is 1. The molecule has 4 unspecified atom stereocenters. The zero-order valence-electron chi connectivity index (χ0n) is 13.9. The largest absolute Gasteiger partial charge is 0.497 e. The highest BCUT2D eigenvalue weighted by Gasteiger charge is 2.42. The van der Waals surface area contributed by atoms with E-state index in [-0.39, 0.29) is 10.9 Å². The van der Waals surface area contributed by atoms with E-state index in [9.17, 15) is 8.42 Å². The lowest BCUT2D eigenvalue weighted by atomic mass is 9.84. The molecule has 2 bridgehead atoms. The summed E-state index contributed by atoms with van der Waals surface area (Å²) >= 11 is 0. The second-order valence-corrected chi connectivity index (χ2v) is 8.45. The molecule has 6 heteroatoms. The predicted molar refractivity (Wildman–Crippen MR) is 88.3 cm³/mol. The molecule has 1 aromatic carbocycles. The third-order valence-electron chi connectivity index (χ3n) is 5.44. The van der Waals surface area contributed by atoms with E-state index in [0.717, 1.165) is 12.3 Å². The van der Waals surface area contributed by atoms with Crippen molar-refractivity contribution in [2.75, 3.05) is 14.2 Å². The van der Waals surface area contributed by atoms with Gasteiger partial charge in [-0.15, -0.1) is 0 Å². The molecule has 5 nitrogen and oxygen atoms in total. The van der Waals surface area contributed by atoms with Crippen molar-refractivity contribution in [3.63, 3.8) is 0 Å². The van der Waals surface area contributed by atoms with Crippen LogP contribution >= 0.6 is 0 Å². The molecule has 0 aromatic heterocycles. The van der Waals surface area contributed by atoms with Gasteiger partial charge in [0.15, 0.2) is 0 Å². The van der Waals surface area contributed by atoms with E-state index in [4.69, 9.17) is 9.47 Å². The molecule has 0 saturated heterocycles. The Bertz CT molecular complexity index is 673. The van der Waals surface area contributed by atoms with Crippen molar-refractivity contribution in [3.05, 3.63) is 18.2 Å². The molecule has 1 N–H and O–H groups in total. The molecule has 0 heterocycles. The van der Waals surface area contributed by atoms with Crippen molar-refractivity contribution >= 4 is 10.0 Å². The van der Waals surface area contributed by atoms with Gasteiger partial charge in [0.2, 0.25) is 10.0 Å². The van der Waals surface area contributed by atoms with Crippen molar-refractivity contribution in [1.29, 1.82) is 0 Å². The van der Waals surface area contributed by atoms with Crippen LogP contribution in [-0.4, -0.2) is 28.7 Å². The summed E-state index contributed by atoms with van der Waals surface area (Å²) in [6.45, 7) is 1.99. The van der Waals surface area contributed by atoms with Crippen LogP contribution in [0.4, 0.5) is 0 Å². The second-order valence-electron chi connectivity index (χ2n) is 6.77. The Kier molecular flexibility index (Phi) is 4.56. The predicted octanol–water partition coefficient (Wildman–Crippen LogP) is 2.81. The molecule has 3 rings (SSSR count). The Balaban J connectivity index is 1.79. The average Bonchev–Trinajstić information content (AvgIpc) is 3.16. The molecule has 2 aliphatic carbocycles. The molecule has 2 saturated carbocycles. The van der Waals surface area contributed by atoms with Gasteiger partial charge in [0.25, 0.3) is 0 Å². The van der Waals surface area contributed by atoms with Crippen LogP contribution in [0.3, 0.4) is 0 Å². The van der Waals surface area contributed by atoms with Crippen LogP contribution in [0.25, 0.3) is 0 Å². The van der Waals surface area contributed by atoms with Crippen LogP contribution in [0.1, 0.15) is 32.6 Å². The summed E-state index contributed by atoms with van der Waals surface area (Å²) in [4.78, 5) is 0.163. The van der Waals surface area contributed by atoms with E-state index in [1.54, 1.807) is 19.2 Å². The quantitative estimate of drug-likeness (QED) is 0.865. The van der Waals surface area contributed by atoms with E-state index < -0.39 is 10.0 Å². The number of rotatable bonds is 6. The summed E-state index contributed by atoms with van der Waals surface area (Å²) < 4.78 is 38.7. The molecule has 1 aromatic rings. The zero-order chi connectivity index (χ0) is 16.6. The molecule has 0 aliphatic heterocycles. The number of methoxy groups -OCH3 is 2. The Morgan fingerprint density at radius 3 is 2.52 bits per heavy atom. The van der Waals surface area contributed by atoms with E-state index in [1.165, 1.54) is 32.4 Å². The van der Waals surface area contributed by atoms with Crippen molar-refractivity contribution in [2.24, 2.45) is 17.8 Å². The monoisotopic (exact) mass is 339 g/mol. The number of benzene rings is 1. The minimum Gasteiger partial charge on any atom is -0.497 e. The topological polar surface area (TPSA) is 64.6 Å². The highest BCUT2D eigenvalue weighted by molar-refractivity contribution is 7.89. The fraction of sp³-hybridized carbons (Fsp3) is 0.647. The molecule has 0 amide bonds. The van der Waals surface area contributed by atoms with Gasteiger partial charge in [0, 0.05) is 12.1 Å². The molecule has 4 atom stereocenters. The van der Waals surface area contributed by atoms with Gasteiger partial charge >= 0.3 is 0 Å². The first-order chi connectivity index (χ1) is 10.9. The summed E-state index contributed by atoms with van der Waals surface area (Å²) in [7, 11) is -0.607. The van der Waals surface area contributed by atoms with Crippen LogP contribution in [0.2, 0.25) is 0 Å². The number of sulfonamides is 1. The van der Waals surface area contributed by atoms with Gasteiger partial charge in [-0.2, -0.15) is 0 Å². The first kappa shape index (κ1) is 16.6. The normalized spacial score (nSPS) is 27.9. The van der Waals surface area contributed by atoms with Gasteiger partial charge in [0.1, 0.15) is 16.4 Å². The van der Waals surface area contributed by atoms with Gasteiger partial charge in [-0.3, -0.25) is 0 Å². The third kappa shape index (κ3) is 3.19. The minimum absolute atomic E-state index is 0.0536. The maximum absolute atomic E-state index is 12.8. The summed E-state index contributed by atoms with van der Waals surface area (Å²) in [6, 6.07) is 4.71. The maximum Gasteiger partial charge on any atom is 0.244 e. The summed E-state index contributed by atoms with van der Waals surface area (Å²) in [5.74, 6) is 2.80. The summed E-state index contributed by atoms with van der Waals surface area (Å²) in [6.07, 6.45) is 4.97. The lowest BCUT2D eigenvalue weighted by molar-refractivity contribution is 0.280. The molecule has 128 valence electrons. The lowest BCUT2D eigenvalue weighted by Gasteiger charge is -2.28. The molecular formula is C17H25NO4S. The SMILES string of the molecule is COc1ccc(S(=O)(=O)NC(C)C2CC3CCC2C3)c(OC)c1. The van der Waals surface area contributed by atoms with E-state index in [1.807, 2.05) is 6.92 Å². The number of ether oxygens (including phenoxy) is 2. The Hall–Kier alpha value is -1.27. The van der Waals surface area contributed by atoms with Crippen molar-refractivity contribution < 1.29 is 17.9 Å². The summed E-state index contributed by atoms with van der Waals surface area (Å²) in [5, 5.41) is 0. The highest BCUT2D eigenvalue weighted by Crippen LogP contribution is 2.49. The molecular weight excluding hydrogens is 314 g/mol. The molecule has 0 spiro atoms. The minimum atomic E-state index is -3.61. The molecule has 0 radical (unpaired) electrons. The molecule has 2 aliphatic rings. The Labute approximate surface area is 138 Å². The first-order valence-electron chi connectivity index (χ1n) is 8.19. The van der Waals surface area contributed by atoms with E-state index in [0.29, 0.717) is 23.3 Å². The van der Waals surface area contributed by atoms with Gasteiger partial charge in [-0.05, 0) is 56.1 Å². The van der Waals surface area contributed by atoms with Crippen LogP contribution < -0.4 is 14.2 Å². The number of hydrogen-bond acceptors (Lipinski definition) is 4. The van der Waals surface area contributed by atoms with Crippen molar-refractivity contribution in [3.8, 4) is 11.5 Å². The van der Waals surface area contributed by atoms with E-state index in [2.05, 4.69) is 4.72 Å². The number of fused-ring (bicyclic) bond motifs is 2. The average molecular weight is 339 g/mol. The van der Waals surface area contributed by atoms with Gasteiger partial charge in [-0.1, -0.05) is 6.42 Å². The van der Waals surface area contributed by atoms with Gasteiger partial charge in [-0.25, -0.2) is 13.1 Å². The van der Waals surface area contributed by atoms with Crippen LogP contribution in [0.5, 0.6) is 11.5 Å². The fourth-order valence-corrected chi connectivity index (χ4v) is 5.74. The highest BCUT2D eigenvalue weighted by atomic mass is 32.2. The molecule has 2 fully saturated rings. The van der Waals surface area contributed by atoms with Crippen LogP contribution in [0, 0.1) is 17.8 Å². The second kappa shape index (κ2) is 6.32. The zero-order valence-corrected chi connectivity index (χ0v) is 14.7.